The van der Waals surface area contributed by atoms with Crippen molar-refractivity contribution in [1.29, 1.82) is 0 Å². The number of hydrogen-bond acceptors (Lipinski definition) is 5. The smallest absolute Gasteiger partial charge is 0.232 e. The van der Waals surface area contributed by atoms with Gasteiger partial charge in [-0.15, -0.1) is 0 Å². The van der Waals surface area contributed by atoms with Crippen LogP contribution >= 0.6 is 0 Å². The number of benzene rings is 3. The molecule has 5 heteroatoms. The molecule has 0 spiro atoms. The second kappa shape index (κ2) is 8.17. The Morgan fingerprint density at radius 2 is 1.81 bits per heavy atom. The maximum absolute atomic E-state index is 13.2. The normalized spacial score (nSPS) is 16.3. The summed E-state index contributed by atoms with van der Waals surface area (Å²) >= 11 is 0. The van der Waals surface area contributed by atoms with Gasteiger partial charge in [0.25, 0.3) is 0 Å². The van der Waals surface area contributed by atoms with E-state index in [1.165, 1.54) is 5.56 Å². The summed E-state index contributed by atoms with van der Waals surface area (Å²) < 4.78 is 12.2. The number of aryl methyl sites for hydroxylation is 1. The molecule has 0 saturated carbocycles. The highest BCUT2D eigenvalue weighted by Gasteiger charge is 2.35. The molecule has 0 fully saturated rings. The van der Waals surface area contributed by atoms with Gasteiger partial charge in [-0.05, 0) is 47.9 Å². The summed E-state index contributed by atoms with van der Waals surface area (Å²) in [5, 5.41) is 0. The Morgan fingerprint density at radius 1 is 1.06 bits per heavy atom. The van der Waals surface area contributed by atoms with Gasteiger partial charge < -0.3 is 14.4 Å². The second-order valence-corrected chi connectivity index (χ2v) is 8.55. The number of carbonyl (C=O) groups excluding carboxylic acids is 1. The van der Waals surface area contributed by atoms with E-state index in [1.54, 1.807) is 0 Å². The number of hydrogen-bond donors (Lipinski definition) is 0. The molecule has 0 aliphatic carbocycles. The van der Waals surface area contributed by atoms with Crippen molar-refractivity contribution >= 4 is 17.5 Å². The molecule has 0 unspecified atom stereocenters. The number of ketones is 1. The fourth-order valence-corrected chi connectivity index (χ4v) is 4.24. The molecular weight excluding hydrogens is 400 g/mol. The molecule has 0 atom stereocenters. The van der Waals surface area contributed by atoms with E-state index in [4.69, 9.17) is 9.47 Å². The molecule has 0 radical (unpaired) electrons. The minimum Gasteiger partial charge on any atom is -0.478 e. The Morgan fingerprint density at radius 3 is 2.53 bits per heavy atom. The Balaban J connectivity index is 1.44. The molecule has 3 aromatic carbocycles. The highest BCUT2D eigenvalue weighted by Crippen LogP contribution is 2.44. The third-order valence-corrected chi connectivity index (χ3v) is 5.94. The molecule has 0 N–H and O–H groups in total. The zero-order valence-corrected chi connectivity index (χ0v) is 18.6. The lowest BCUT2D eigenvalue weighted by atomic mass is 9.98. The van der Waals surface area contributed by atoms with Crippen molar-refractivity contribution in [3.8, 4) is 11.5 Å². The van der Waals surface area contributed by atoms with Crippen molar-refractivity contribution < 1.29 is 14.3 Å². The molecule has 2 aliphatic rings. The molecule has 0 amide bonds. The van der Waals surface area contributed by atoms with Gasteiger partial charge in [0.05, 0.1) is 11.1 Å². The predicted octanol–water partition coefficient (Wildman–Crippen LogP) is 5.03. The van der Waals surface area contributed by atoms with E-state index in [9.17, 15) is 4.79 Å². The van der Waals surface area contributed by atoms with Crippen molar-refractivity contribution in [2.45, 2.75) is 20.0 Å². The molecule has 3 aromatic rings. The summed E-state index contributed by atoms with van der Waals surface area (Å²) in [6, 6.07) is 20.3. The van der Waals surface area contributed by atoms with Crippen LogP contribution in [0.3, 0.4) is 0 Å². The summed E-state index contributed by atoms with van der Waals surface area (Å²) in [4.78, 5) is 17.5. The quantitative estimate of drug-likeness (QED) is 0.548. The molecular formula is C27H26N2O3. The molecule has 5 nitrogen and oxygen atoms in total. The van der Waals surface area contributed by atoms with Crippen LogP contribution in [-0.2, 0) is 13.1 Å². The molecule has 5 rings (SSSR count). The maximum atomic E-state index is 13.2. The first-order valence-electron chi connectivity index (χ1n) is 10.8. The van der Waals surface area contributed by atoms with Gasteiger partial charge in [0.1, 0.15) is 18.2 Å². The van der Waals surface area contributed by atoms with E-state index in [-0.39, 0.29) is 5.78 Å². The number of nitrogens with zero attached hydrogens (tertiary/aromatic N) is 2. The van der Waals surface area contributed by atoms with Crippen LogP contribution in [0.15, 0.2) is 66.4 Å². The topological polar surface area (TPSA) is 42.0 Å². The average Bonchev–Trinajstić information content (AvgIpc) is 3.12. The number of rotatable bonds is 4. The molecule has 0 bridgehead atoms. The van der Waals surface area contributed by atoms with E-state index >= 15 is 0 Å². The summed E-state index contributed by atoms with van der Waals surface area (Å²) in [6.07, 6.45) is 1.82. The second-order valence-electron chi connectivity index (χ2n) is 8.55. The van der Waals surface area contributed by atoms with Crippen molar-refractivity contribution in [2.75, 3.05) is 25.7 Å². The largest absolute Gasteiger partial charge is 0.478 e. The zero-order valence-electron chi connectivity index (χ0n) is 18.6. The molecule has 32 heavy (non-hydrogen) atoms. The highest BCUT2D eigenvalue weighted by atomic mass is 16.5. The molecule has 0 saturated heterocycles. The van der Waals surface area contributed by atoms with Crippen molar-refractivity contribution in [2.24, 2.45) is 0 Å². The van der Waals surface area contributed by atoms with E-state index in [0.29, 0.717) is 30.3 Å². The van der Waals surface area contributed by atoms with E-state index in [2.05, 4.69) is 17.0 Å². The van der Waals surface area contributed by atoms with E-state index < -0.39 is 0 Å². The Bertz CT molecular complexity index is 1200. The number of fused-ring (bicyclic) bond motifs is 3. The fraction of sp³-hybridized carbons (Fsp3) is 0.222. The van der Waals surface area contributed by atoms with Gasteiger partial charge in [0, 0.05) is 32.9 Å². The van der Waals surface area contributed by atoms with Crippen LogP contribution in [0.4, 0.5) is 5.69 Å². The highest BCUT2D eigenvalue weighted by molar-refractivity contribution is 6.15. The molecule has 0 aromatic heterocycles. The fourth-order valence-electron chi connectivity index (χ4n) is 4.24. The average molecular weight is 427 g/mol. The van der Waals surface area contributed by atoms with Crippen LogP contribution in [0.2, 0.25) is 0 Å². The number of carbonyl (C=O) groups is 1. The minimum absolute atomic E-state index is 0.0721. The van der Waals surface area contributed by atoms with Gasteiger partial charge in [-0.25, -0.2) is 0 Å². The first kappa shape index (κ1) is 20.3. The summed E-state index contributed by atoms with van der Waals surface area (Å²) in [5.41, 5.74) is 5.72. The van der Waals surface area contributed by atoms with Crippen LogP contribution in [0.1, 0.15) is 32.6 Å². The summed E-state index contributed by atoms with van der Waals surface area (Å²) in [5.74, 6) is 1.72. The number of anilines is 1. The van der Waals surface area contributed by atoms with Crippen molar-refractivity contribution in [1.82, 2.24) is 4.90 Å². The van der Waals surface area contributed by atoms with Crippen molar-refractivity contribution in [3.63, 3.8) is 0 Å². The first-order chi connectivity index (χ1) is 15.5. The van der Waals surface area contributed by atoms with Crippen molar-refractivity contribution in [3.05, 3.63) is 94.2 Å². The standard InChI is InChI=1S/C27H26N2O3/c1-18-13-23-22(16-29(17-31-23)15-20-7-5-4-6-8-20)27-25(18)26(30)24(32-27)14-19-9-11-21(12-10-19)28(2)3/h4-14H,15-17H2,1-3H3/b24-14-. The van der Waals surface area contributed by atoms with E-state index in [0.717, 1.165) is 34.7 Å². The van der Waals surface area contributed by atoms with Gasteiger partial charge in [-0.3, -0.25) is 9.69 Å². The SMILES string of the molecule is Cc1cc2c(c3c1C(=O)/C(=C/c1ccc(N(C)C)cc1)O3)CN(Cc1ccccc1)CO2. The predicted molar refractivity (Wildman–Crippen MR) is 126 cm³/mol. The number of allylic oxidation sites excluding steroid dienone is 1. The molecule has 2 heterocycles. The van der Waals surface area contributed by atoms with Crippen LogP contribution < -0.4 is 14.4 Å². The lowest BCUT2D eigenvalue weighted by Gasteiger charge is -2.30. The van der Waals surface area contributed by atoms with E-state index in [1.807, 2.05) is 80.5 Å². The lowest BCUT2D eigenvalue weighted by molar-refractivity contribution is 0.0872. The lowest BCUT2D eigenvalue weighted by Crippen LogP contribution is -2.31. The Hall–Kier alpha value is -3.57. The van der Waals surface area contributed by atoms with Crippen LogP contribution in [-0.4, -0.2) is 31.5 Å². The third-order valence-electron chi connectivity index (χ3n) is 5.94. The summed E-state index contributed by atoms with van der Waals surface area (Å²) in [7, 11) is 4.01. The Labute approximate surface area is 188 Å². The van der Waals surface area contributed by atoms with Gasteiger partial charge in [0.15, 0.2) is 5.76 Å². The number of ether oxygens (including phenoxy) is 2. The zero-order chi connectivity index (χ0) is 22.2. The van der Waals surface area contributed by atoms with Crippen LogP contribution in [0, 0.1) is 6.92 Å². The number of Topliss-reactive ketones (excluding diaryl/α,β-unsaturated/α-hetero) is 1. The summed E-state index contributed by atoms with van der Waals surface area (Å²) in [6.45, 7) is 3.90. The Kier molecular flexibility index (Phi) is 5.19. The van der Waals surface area contributed by atoms with Gasteiger partial charge in [-0.1, -0.05) is 42.5 Å². The van der Waals surface area contributed by atoms with Gasteiger partial charge in [0.2, 0.25) is 5.78 Å². The van der Waals surface area contributed by atoms with Gasteiger partial charge in [-0.2, -0.15) is 0 Å². The molecule has 2 aliphatic heterocycles. The monoisotopic (exact) mass is 426 g/mol. The third kappa shape index (κ3) is 3.76. The maximum Gasteiger partial charge on any atom is 0.232 e. The van der Waals surface area contributed by atoms with Crippen LogP contribution in [0.5, 0.6) is 11.5 Å². The minimum atomic E-state index is -0.0721. The first-order valence-corrected chi connectivity index (χ1v) is 10.8. The van der Waals surface area contributed by atoms with Crippen LogP contribution in [0.25, 0.3) is 6.08 Å². The van der Waals surface area contributed by atoms with Gasteiger partial charge >= 0.3 is 0 Å². The molecule has 162 valence electrons.